The predicted molar refractivity (Wildman–Crippen MR) is 60.4 cm³/mol. The van der Waals surface area contributed by atoms with Gasteiger partial charge in [0.1, 0.15) is 0 Å². The second-order valence-corrected chi connectivity index (χ2v) is 2.65. The maximum absolute atomic E-state index is 9.31. The summed E-state index contributed by atoms with van der Waals surface area (Å²) in [5.74, 6) is 0.471. The zero-order valence-electron chi connectivity index (χ0n) is 8.61. The Hall–Kier alpha value is -1.42. The normalized spacial score (nSPS) is 8.93. The van der Waals surface area contributed by atoms with E-state index in [0.717, 1.165) is 0 Å². The number of rotatable bonds is 3. The van der Waals surface area contributed by atoms with Gasteiger partial charge in [0, 0.05) is 5.56 Å². The first kappa shape index (κ1) is 13.6. The fraction of sp³-hybridized carbons (Fsp3) is 0.300. The van der Waals surface area contributed by atoms with Crippen LogP contribution in [0.3, 0.4) is 0 Å². The molecule has 0 aliphatic carbocycles. The highest BCUT2D eigenvalue weighted by Crippen LogP contribution is 2.26. The van der Waals surface area contributed by atoms with Crippen LogP contribution in [0.25, 0.3) is 0 Å². The molecule has 0 saturated heterocycles. The maximum Gasteiger partial charge on any atom is 0.213 e. The van der Waals surface area contributed by atoms with Crippen LogP contribution in [-0.2, 0) is 4.74 Å². The van der Waals surface area contributed by atoms with Gasteiger partial charge in [-0.3, -0.25) is 5.41 Å². The van der Waals surface area contributed by atoms with E-state index in [2.05, 4.69) is 0 Å². The molecule has 0 unspecified atom stereocenters. The van der Waals surface area contributed by atoms with Crippen LogP contribution in [-0.4, -0.2) is 24.7 Å². The Morgan fingerprint density at radius 1 is 1.47 bits per heavy atom. The van der Waals surface area contributed by atoms with Gasteiger partial charge in [-0.2, -0.15) is 0 Å². The van der Waals surface area contributed by atoms with E-state index < -0.39 is 0 Å². The zero-order chi connectivity index (χ0) is 10.6. The molecule has 4 nitrogen and oxygen atoms in total. The van der Waals surface area contributed by atoms with Crippen molar-refractivity contribution < 1.29 is 14.6 Å². The predicted octanol–water partition coefficient (Wildman–Crippen LogP) is 2.18. The number of ether oxygens (including phenoxy) is 2. The molecule has 0 bridgehead atoms. The van der Waals surface area contributed by atoms with Gasteiger partial charge in [0.25, 0.3) is 0 Å². The minimum absolute atomic E-state index is 0. The number of nitrogens with one attached hydrogen (secondary N) is 1. The molecular weight excluding hydrogens is 218 g/mol. The molecular formula is C10H14ClNO3. The molecule has 15 heavy (non-hydrogen) atoms. The van der Waals surface area contributed by atoms with Gasteiger partial charge in [0.05, 0.1) is 13.7 Å². The standard InChI is InChI=1S/C10H13NO3.ClH/c1-3-14-10(11)7-4-5-8(12)9(6-7)13-2;/h4-6,11-12H,3H2,1-2H3;1H. The summed E-state index contributed by atoms with van der Waals surface area (Å²) in [6.45, 7) is 2.26. The third kappa shape index (κ3) is 3.32. The molecule has 0 amide bonds. The Morgan fingerprint density at radius 2 is 2.13 bits per heavy atom. The summed E-state index contributed by atoms with van der Waals surface area (Å²) < 4.78 is 9.93. The van der Waals surface area contributed by atoms with E-state index >= 15 is 0 Å². The smallest absolute Gasteiger partial charge is 0.213 e. The lowest BCUT2D eigenvalue weighted by Crippen LogP contribution is -2.04. The average molecular weight is 232 g/mol. The first-order valence-electron chi connectivity index (χ1n) is 4.27. The summed E-state index contributed by atoms with van der Waals surface area (Å²) in [5.41, 5.74) is 0.585. The zero-order valence-corrected chi connectivity index (χ0v) is 9.43. The quantitative estimate of drug-likeness (QED) is 0.619. The van der Waals surface area contributed by atoms with E-state index in [4.69, 9.17) is 14.9 Å². The van der Waals surface area contributed by atoms with Crippen molar-refractivity contribution >= 4 is 18.3 Å². The molecule has 0 heterocycles. The van der Waals surface area contributed by atoms with Crippen LogP contribution in [0.2, 0.25) is 0 Å². The Bertz CT molecular complexity index is 341. The van der Waals surface area contributed by atoms with Crippen molar-refractivity contribution in [2.24, 2.45) is 0 Å². The van der Waals surface area contributed by atoms with Crippen LogP contribution < -0.4 is 4.74 Å². The van der Waals surface area contributed by atoms with E-state index in [9.17, 15) is 5.11 Å². The number of methoxy groups -OCH3 is 1. The molecule has 0 aliphatic heterocycles. The highest BCUT2D eigenvalue weighted by molar-refractivity contribution is 5.92. The molecule has 1 aromatic rings. The van der Waals surface area contributed by atoms with Crippen molar-refractivity contribution in [2.75, 3.05) is 13.7 Å². The number of phenolic OH excluding ortho intramolecular Hbond substituents is 1. The van der Waals surface area contributed by atoms with E-state index in [-0.39, 0.29) is 24.1 Å². The Kier molecular flexibility index (Phi) is 5.56. The first-order valence-corrected chi connectivity index (χ1v) is 4.27. The Balaban J connectivity index is 0.00000196. The molecule has 0 aromatic heterocycles. The van der Waals surface area contributed by atoms with Gasteiger partial charge in [-0.25, -0.2) is 0 Å². The van der Waals surface area contributed by atoms with Gasteiger partial charge < -0.3 is 14.6 Å². The molecule has 0 radical (unpaired) electrons. The van der Waals surface area contributed by atoms with Gasteiger partial charge in [-0.05, 0) is 25.1 Å². The molecule has 0 atom stereocenters. The lowest BCUT2D eigenvalue weighted by atomic mass is 10.2. The van der Waals surface area contributed by atoms with Gasteiger partial charge in [0.15, 0.2) is 11.5 Å². The van der Waals surface area contributed by atoms with Crippen LogP contribution in [0, 0.1) is 5.41 Å². The van der Waals surface area contributed by atoms with Crippen molar-refractivity contribution in [1.82, 2.24) is 0 Å². The summed E-state index contributed by atoms with van der Waals surface area (Å²) in [4.78, 5) is 0. The average Bonchev–Trinajstić information content (AvgIpc) is 2.19. The summed E-state index contributed by atoms with van der Waals surface area (Å²) in [7, 11) is 1.46. The van der Waals surface area contributed by atoms with Crippen LogP contribution in [0.4, 0.5) is 0 Å². The molecule has 0 spiro atoms. The molecule has 5 heteroatoms. The first-order chi connectivity index (χ1) is 6.69. The summed E-state index contributed by atoms with van der Waals surface area (Å²) in [5, 5.41) is 16.8. The fourth-order valence-electron chi connectivity index (χ4n) is 1.05. The third-order valence-corrected chi connectivity index (χ3v) is 1.73. The lowest BCUT2D eigenvalue weighted by molar-refractivity contribution is 0.325. The summed E-state index contributed by atoms with van der Waals surface area (Å²) in [6.07, 6.45) is 0. The minimum Gasteiger partial charge on any atom is -0.504 e. The summed E-state index contributed by atoms with van der Waals surface area (Å²) >= 11 is 0. The Labute approximate surface area is 94.8 Å². The van der Waals surface area contributed by atoms with Gasteiger partial charge >= 0.3 is 0 Å². The molecule has 84 valence electrons. The second kappa shape index (κ2) is 6.14. The van der Waals surface area contributed by atoms with Crippen molar-refractivity contribution in [3.05, 3.63) is 23.8 Å². The highest BCUT2D eigenvalue weighted by Gasteiger charge is 2.06. The Morgan fingerprint density at radius 3 is 2.67 bits per heavy atom. The largest absolute Gasteiger partial charge is 0.504 e. The lowest BCUT2D eigenvalue weighted by Gasteiger charge is -2.07. The van der Waals surface area contributed by atoms with Crippen LogP contribution in [0.15, 0.2) is 18.2 Å². The van der Waals surface area contributed by atoms with Gasteiger partial charge in [-0.15, -0.1) is 12.4 Å². The SMILES string of the molecule is CCOC(=N)c1ccc(O)c(OC)c1.Cl. The molecule has 1 aromatic carbocycles. The summed E-state index contributed by atoms with van der Waals surface area (Å²) in [6, 6.07) is 4.64. The highest BCUT2D eigenvalue weighted by atomic mass is 35.5. The van der Waals surface area contributed by atoms with E-state index in [1.165, 1.54) is 13.2 Å². The van der Waals surface area contributed by atoms with E-state index in [1.807, 2.05) is 6.92 Å². The number of hydrogen-bond donors (Lipinski definition) is 2. The van der Waals surface area contributed by atoms with Crippen molar-refractivity contribution in [1.29, 1.82) is 5.41 Å². The monoisotopic (exact) mass is 231 g/mol. The number of halogens is 1. The number of phenols is 1. The number of hydrogen-bond acceptors (Lipinski definition) is 4. The molecule has 0 saturated carbocycles. The van der Waals surface area contributed by atoms with Gasteiger partial charge in [-0.1, -0.05) is 0 Å². The van der Waals surface area contributed by atoms with Crippen molar-refractivity contribution in [3.63, 3.8) is 0 Å². The van der Waals surface area contributed by atoms with Crippen LogP contribution in [0.1, 0.15) is 12.5 Å². The molecule has 1 rings (SSSR count). The molecule has 0 aliphatic rings. The fourth-order valence-corrected chi connectivity index (χ4v) is 1.05. The topological polar surface area (TPSA) is 62.5 Å². The third-order valence-electron chi connectivity index (χ3n) is 1.73. The van der Waals surface area contributed by atoms with Crippen molar-refractivity contribution in [2.45, 2.75) is 6.92 Å². The molecule has 2 N–H and O–H groups in total. The maximum atomic E-state index is 9.31. The minimum atomic E-state index is 0. The van der Waals surface area contributed by atoms with E-state index in [1.54, 1.807) is 12.1 Å². The van der Waals surface area contributed by atoms with Gasteiger partial charge in [0.2, 0.25) is 5.90 Å². The van der Waals surface area contributed by atoms with Crippen LogP contribution in [0.5, 0.6) is 11.5 Å². The van der Waals surface area contributed by atoms with E-state index in [0.29, 0.717) is 17.9 Å². The second-order valence-electron chi connectivity index (χ2n) is 2.65. The number of benzene rings is 1. The molecule has 0 fully saturated rings. The van der Waals surface area contributed by atoms with Crippen molar-refractivity contribution in [3.8, 4) is 11.5 Å². The van der Waals surface area contributed by atoms with Crippen LogP contribution >= 0.6 is 12.4 Å². The number of aromatic hydroxyl groups is 1.